The highest BCUT2D eigenvalue weighted by molar-refractivity contribution is 6.15. The van der Waals surface area contributed by atoms with Gasteiger partial charge in [-0.2, -0.15) is 13.2 Å². The molecule has 2 aromatic rings. The molecule has 0 atom stereocenters. The molecule has 1 aliphatic heterocycles. The lowest BCUT2D eigenvalue weighted by Gasteiger charge is -2.13. The van der Waals surface area contributed by atoms with E-state index in [1.54, 1.807) is 30.3 Å². The Morgan fingerprint density at radius 3 is 2.46 bits per heavy atom. The molecular weight excluding hydrogens is 375 g/mol. The lowest BCUT2D eigenvalue weighted by Crippen LogP contribution is -2.38. The first-order valence-electron chi connectivity index (χ1n) is 8.11. The van der Waals surface area contributed by atoms with Gasteiger partial charge in [0.2, 0.25) is 5.91 Å². The van der Waals surface area contributed by atoms with Crippen molar-refractivity contribution in [2.45, 2.75) is 6.18 Å². The zero-order valence-electron chi connectivity index (χ0n) is 14.3. The summed E-state index contributed by atoms with van der Waals surface area (Å²) in [6.45, 7) is -0.632. The quantitative estimate of drug-likeness (QED) is 0.623. The third-order valence-corrected chi connectivity index (χ3v) is 3.85. The van der Waals surface area contributed by atoms with Crippen LogP contribution in [0, 0.1) is 0 Å². The van der Waals surface area contributed by atoms with E-state index in [0.717, 1.165) is 18.2 Å². The largest absolute Gasteiger partial charge is 0.416 e. The fourth-order valence-electron chi connectivity index (χ4n) is 2.55. The van der Waals surface area contributed by atoms with Crippen LogP contribution >= 0.6 is 0 Å². The van der Waals surface area contributed by atoms with Gasteiger partial charge < -0.3 is 10.6 Å². The lowest BCUT2D eigenvalue weighted by atomic mass is 10.2. The van der Waals surface area contributed by atoms with E-state index in [1.807, 2.05) is 0 Å². The van der Waals surface area contributed by atoms with Gasteiger partial charge in [0.05, 0.1) is 5.56 Å². The van der Waals surface area contributed by atoms with Crippen molar-refractivity contribution in [2.24, 2.45) is 0 Å². The average Bonchev–Trinajstić information content (AvgIpc) is 2.89. The Kier molecular flexibility index (Phi) is 5.16. The molecule has 1 fully saturated rings. The van der Waals surface area contributed by atoms with Crippen LogP contribution in [-0.2, 0) is 15.8 Å². The Balaban J connectivity index is 1.68. The van der Waals surface area contributed by atoms with Gasteiger partial charge in [-0.1, -0.05) is 36.4 Å². The normalized spacial score (nSPS) is 15.7. The first-order valence-corrected chi connectivity index (χ1v) is 8.11. The Morgan fingerprint density at radius 1 is 1.07 bits per heavy atom. The minimum atomic E-state index is -4.55. The number of rotatable bonds is 4. The SMILES string of the molecule is O=C(CN1C(=O)N/C(=C/c2ccccc2)C1=O)Nc1cccc(C(F)(F)F)c1. The number of urea groups is 1. The van der Waals surface area contributed by atoms with E-state index in [9.17, 15) is 27.6 Å². The number of amides is 4. The van der Waals surface area contributed by atoms with Crippen LogP contribution in [0.15, 0.2) is 60.3 Å². The zero-order chi connectivity index (χ0) is 20.3. The molecular formula is C19H14F3N3O3. The Bertz CT molecular complexity index is 956. The average molecular weight is 389 g/mol. The molecule has 2 aromatic carbocycles. The van der Waals surface area contributed by atoms with E-state index in [1.165, 1.54) is 12.1 Å². The second-order valence-corrected chi connectivity index (χ2v) is 5.92. The molecule has 0 radical (unpaired) electrons. The standard InChI is InChI=1S/C19H14F3N3O3/c20-19(21,22)13-7-4-8-14(10-13)23-16(26)11-25-17(27)15(24-18(25)28)9-12-5-2-1-3-6-12/h1-10H,11H2,(H,23,26)(H,24,28)/b15-9+. The molecule has 6 nitrogen and oxygen atoms in total. The van der Waals surface area contributed by atoms with Crippen molar-refractivity contribution < 1.29 is 27.6 Å². The van der Waals surface area contributed by atoms with Crippen molar-refractivity contribution >= 4 is 29.6 Å². The fraction of sp³-hybridized carbons (Fsp3) is 0.105. The first kappa shape index (κ1) is 19.2. The molecule has 1 aliphatic rings. The molecule has 1 saturated heterocycles. The smallest absolute Gasteiger partial charge is 0.325 e. The van der Waals surface area contributed by atoms with Crippen molar-refractivity contribution in [3.8, 4) is 0 Å². The monoisotopic (exact) mass is 389 g/mol. The Morgan fingerprint density at radius 2 is 1.79 bits per heavy atom. The number of anilines is 1. The number of halogens is 3. The number of hydrogen-bond donors (Lipinski definition) is 2. The molecule has 28 heavy (non-hydrogen) atoms. The predicted molar refractivity (Wildman–Crippen MR) is 94.7 cm³/mol. The van der Waals surface area contributed by atoms with Gasteiger partial charge in [0, 0.05) is 5.69 Å². The summed E-state index contributed by atoms with van der Waals surface area (Å²) in [5.41, 5.74) is -0.329. The number of imide groups is 1. The van der Waals surface area contributed by atoms with Gasteiger partial charge >= 0.3 is 12.2 Å². The van der Waals surface area contributed by atoms with E-state index in [4.69, 9.17) is 0 Å². The molecule has 2 N–H and O–H groups in total. The van der Waals surface area contributed by atoms with Gasteiger partial charge in [0.25, 0.3) is 5.91 Å². The van der Waals surface area contributed by atoms with Crippen LogP contribution in [-0.4, -0.2) is 29.3 Å². The van der Waals surface area contributed by atoms with Crippen LogP contribution < -0.4 is 10.6 Å². The van der Waals surface area contributed by atoms with Crippen LogP contribution in [0.2, 0.25) is 0 Å². The maximum absolute atomic E-state index is 12.7. The van der Waals surface area contributed by atoms with Gasteiger partial charge in [-0.3, -0.25) is 9.59 Å². The number of alkyl halides is 3. The number of nitrogens with one attached hydrogen (secondary N) is 2. The van der Waals surface area contributed by atoms with Crippen molar-refractivity contribution in [1.82, 2.24) is 10.2 Å². The van der Waals surface area contributed by atoms with Gasteiger partial charge in [0.15, 0.2) is 0 Å². The summed E-state index contributed by atoms with van der Waals surface area (Å²) in [5, 5.41) is 4.62. The molecule has 0 saturated carbocycles. The third-order valence-electron chi connectivity index (χ3n) is 3.85. The minimum Gasteiger partial charge on any atom is -0.325 e. The summed E-state index contributed by atoms with van der Waals surface area (Å²) in [5.74, 6) is -1.50. The molecule has 0 spiro atoms. The highest BCUT2D eigenvalue weighted by Crippen LogP contribution is 2.30. The molecule has 0 unspecified atom stereocenters. The summed E-state index contributed by atoms with van der Waals surface area (Å²) in [7, 11) is 0. The fourth-order valence-corrected chi connectivity index (χ4v) is 2.55. The molecule has 0 bridgehead atoms. The highest BCUT2D eigenvalue weighted by atomic mass is 19.4. The van der Waals surface area contributed by atoms with Crippen LogP contribution in [0.4, 0.5) is 23.7 Å². The second-order valence-electron chi connectivity index (χ2n) is 5.92. The molecule has 0 aliphatic carbocycles. The summed E-state index contributed by atoms with van der Waals surface area (Å²) in [6.07, 6.45) is -3.09. The Labute approximate surface area is 157 Å². The van der Waals surface area contributed by atoms with Crippen LogP contribution in [0.25, 0.3) is 6.08 Å². The molecule has 1 heterocycles. The van der Waals surface area contributed by atoms with Crippen molar-refractivity contribution in [3.63, 3.8) is 0 Å². The van der Waals surface area contributed by atoms with Gasteiger partial charge in [0.1, 0.15) is 12.2 Å². The Hall–Kier alpha value is -3.62. The van der Waals surface area contributed by atoms with Crippen molar-refractivity contribution in [2.75, 3.05) is 11.9 Å². The number of benzene rings is 2. The lowest BCUT2D eigenvalue weighted by molar-refractivity contribution is -0.137. The topological polar surface area (TPSA) is 78.5 Å². The summed E-state index contributed by atoms with van der Waals surface area (Å²) in [4.78, 5) is 37.1. The third kappa shape index (κ3) is 4.37. The van der Waals surface area contributed by atoms with Crippen LogP contribution in [0.5, 0.6) is 0 Å². The van der Waals surface area contributed by atoms with Crippen molar-refractivity contribution in [1.29, 1.82) is 0 Å². The highest BCUT2D eigenvalue weighted by Gasteiger charge is 2.35. The number of carbonyl (C=O) groups is 3. The predicted octanol–water partition coefficient (Wildman–Crippen LogP) is 3.24. The molecule has 144 valence electrons. The number of hydrogen-bond acceptors (Lipinski definition) is 3. The molecule has 3 rings (SSSR count). The summed E-state index contributed by atoms with van der Waals surface area (Å²) < 4.78 is 38.2. The number of nitrogens with zero attached hydrogens (tertiary/aromatic N) is 1. The van der Waals surface area contributed by atoms with Gasteiger partial charge in [-0.05, 0) is 29.8 Å². The maximum Gasteiger partial charge on any atom is 0.416 e. The zero-order valence-corrected chi connectivity index (χ0v) is 14.3. The summed E-state index contributed by atoms with van der Waals surface area (Å²) in [6, 6.07) is 12.0. The summed E-state index contributed by atoms with van der Waals surface area (Å²) >= 11 is 0. The van der Waals surface area contributed by atoms with Crippen LogP contribution in [0.1, 0.15) is 11.1 Å². The second kappa shape index (κ2) is 7.55. The van der Waals surface area contributed by atoms with Crippen LogP contribution in [0.3, 0.4) is 0 Å². The van der Waals surface area contributed by atoms with E-state index < -0.39 is 36.1 Å². The van der Waals surface area contributed by atoms with E-state index >= 15 is 0 Å². The van der Waals surface area contributed by atoms with Crippen molar-refractivity contribution in [3.05, 3.63) is 71.4 Å². The van der Waals surface area contributed by atoms with Gasteiger partial charge in [-0.25, -0.2) is 9.69 Å². The molecule has 0 aromatic heterocycles. The molecule has 4 amide bonds. The van der Waals surface area contributed by atoms with E-state index in [2.05, 4.69) is 10.6 Å². The maximum atomic E-state index is 12.7. The van der Waals surface area contributed by atoms with Gasteiger partial charge in [-0.15, -0.1) is 0 Å². The minimum absolute atomic E-state index is 0.00284. The first-order chi connectivity index (χ1) is 13.2. The number of carbonyl (C=O) groups excluding carboxylic acids is 3. The van der Waals surface area contributed by atoms with E-state index in [-0.39, 0.29) is 11.4 Å². The van der Waals surface area contributed by atoms with E-state index in [0.29, 0.717) is 10.5 Å². The molecule has 9 heteroatoms.